The van der Waals surface area contributed by atoms with Crippen LogP contribution in [0, 0.1) is 38.5 Å². The SMILES string of the molecule is CC(C)CCCOc1ccc(/C(=C\[C@H]2CCC(=O)N2)c2ccc(Cl)c(=O)[nH]2)cc1Cl.CC(C)CCOc1ccc(/C(=C\[C@H]2CCC(=O)N2)c2ccc(Cl)c(=O)[nH]2)cc1Cl.CC(C)COc1ccc(/C(=C\[C@H]2CCC(=O)N2)c2ccc(Cl)c(=O)[nH]2)cc1Cl.Cc1ccc(/C(=C\[C@H]2CCC(=O)N2)c2ccc(Cl)c(=O)[nH]2)cc1.Cc1ccc(/C(=C\[C@H]2CCC(=O)N2)c2ccc(Cl)c(=O)[nH]2)cc1C. The molecule has 0 radical (unpaired) electrons. The lowest BCUT2D eigenvalue weighted by Crippen LogP contribution is -2.23. The van der Waals surface area contributed by atoms with Crippen LogP contribution in [0.15, 0.2) is 212 Å². The maximum Gasteiger partial charge on any atom is 0.267 e. The van der Waals surface area contributed by atoms with E-state index in [0.717, 1.165) is 93.4 Å². The average Bonchev–Trinajstić information content (AvgIpc) is 1.97. The number of nitrogens with one attached hydrogen (secondary N) is 10. The first-order valence-electron chi connectivity index (χ1n) is 44.4. The van der Waals surface area contributed by atoms with Gasteiger partial charge in [0.1, 0.15) is 42.4 Å². The number of carbonyl (C=O) groups is 5. The van der Waals surface area contributed by atoms with Crippen molar-refractivity contribution in [2.24, 2.45) is 17.8 Å². The smallest absolute Gasteiger partial charge is 0.267 e. The fourth-order valence-corrected chi connectivity index (χ4v) is 16.2. The van der Waals surface area contributed by atoms with Crippen LogP contribution in [-0.2, 0) is 24.0 Å². The molecule has 0 saturated carbocycles. The molecule has 134 heavy (non-hydrogen) atoms. The summed E-state index contributed by atoms with van der Waals surface area (Å²) in [6.07, 6.45) is 18.9. The van der Waals surface area contributed by atoms with Crippen LogP contribution in [0.3, 0.4) is 0 Å². The number of benzene rings is 5. The van der Waals surface area contributed by atoms with E-state index in [0.29, 0.717) is 150 Å². The first-order valence-corrected chi connectivity index (χ1v) is 47.4. The first kappa shape index (κ1) is 103. The molecule has 0 unspecified atom stereocenters. The van der Waals surface area contributed by atoms with Gasteiger partial charge in [-0.2, -0.15) is 0 Å². The minimum atomic E-state index is -0.372. The van der Waals surface area contributed by atoms with Gasteiger partial charge in [-0.15, -0.1) is 0 Å². The molecule has 31 heteroatoms. The van der Waals surface area contributed by atoms with Crippen molar-refractivity contribution in [3.8, 4) is 17.2 Å². The van der Waals surface area contributed by atoms with E-state index in [-0.39, 0.29) is 113 Å². The Morgan fingerprint density at radius 2 is 0.567 bits per heavy atom. The van der Waals surface area contributed by atoms with Gasteiger partial charge < -0.3 is 65.7 Å². The van der Waals surface area contributed by atoms with E-state index in [9.17, 15) is 47.9 Å². The second-order valence-corrected chi connectivity index (χ2v) is 37.7. The Bertz CT molecular complexity index is 6430. The average molecular weight is 1980 g/mol. The van der Waals surface area contributed by atoms with Crippen LogP contribution in [0.1, 0.15) is 198 Å². The van der Waals surface area contributed by atoms with Gasteiger partial charge in [0.05, 0.1) is 34.9 Å². The number of hydrogen-bond acceptors (Lipinski definition) is 13. The largest absolute Gasteiger partial charge is 0.492 e. The third-order valence-corrected chi connectivity index (χ3v) is 24.7. The molecular formula is C103H108Cl8N10O13. The number of H-pyrrole nitrogens is 5. The van der Waals surface area contributed by atoms with Gasteiger partial charge in [0.2, 0.25) is 29.5 Å². The number of amides is 5. The number of pyridine rings is 5. The van der Waals surface area contributed by atoms with E-state index < -0.39 is 0 Å². The zero-order chi connectivity index (χ0) is 96.6. The highest BCUT2D eigenvalue weighted by Crippen LogP contribution is 2.37. The van der Waals surface area contributed by atoms with Crippen molar-refractivity contribution in [2.45, 2.75) is 176 Å². The predicted molar refractivity (Wildman–Crippen MR) is 538 cm³/mol. The number of carbonyl (C=O) groups excluding carboxylic acids is 5. The molecule has 704 valence electrons. The van der Waals surface area contributed by atoms with Gasteiger partial charge in [-0.1, -0.05) is 231 Å². The Balaban J connectivity index is 0.000000162. The molecule has 5 aliphatic heterocycles. The van der Waals surface area contributed by atoms with Crippen LogP contribution in [0.25, 0.3) is 27.9 Å². The molecule has 5 fully saturated rings. The minimum absolute atomic E-state index is 0.0145. The molecule has 5 amide bonds. The molecule has 0 bridgehead atoms. The Morgan fingerprint density at radius 3 is 0.828 bits per heavy atom. The number of aryl methyl sites for hydroxylation is 3. The molecule has 5 saturated heterocycles. The number of halogens is 8. The van der Waals surface area contributed by atoms with Crippen LogP contribution in [0.4, 0.5) is 0 Å². The summed E-state index contributed by atoms with van der Waals surface area (Å²) >= 11 is 48.7. The topological polar surface area (TPSA) is 337 Å². The Hall–Kier alpha value is -11.4. The predicted octanol–water partition coefficient (Wildman–Crippen LogP) is 20.9. The van der Waals surface area contributed by atoms with Gasteiger partial charge in [0, 0.05) is 119 Å². The summed E-state index contributed by atoms with van der Waals surface area (Å²) in [4.78, 5) is 132. The third kappa shape index (κ3) is 30.3. The van der Waals surface area contributed by atoms with E-state index in [1.165, 1.54) is 11.1 Å². The van der Waals surface area contributed by atoms with Crippen LogP contribution < -0.4 is 68.6 Å². The second kappa shape index (κ2) is 49.2. The second-order valence-electron chi connectivity index (χ2n) is 34.4. The summed E-state index contributed by atoms with van der Waals surface area (Å²) in [5.74, 6) is 3.58. The van der Waals surface area contributed by atoms with E-state index in [1.54, 1.807) is 66.7 Å². The normalized spacial score (nSPS) is 17.3. The van der Waals surface area contributed by atoms with Crippen LogP contribution >= 0.6 is 92.8 Å². The van der Waals surface area contributed by atoms with Gasteiger partial charge in [-0.3, -0.25) is 47.9 Å². The van der Waals surface area contributed by atoms with E-state index >= 15 is 0 Å². The lowest BCUT2D eigenvalue weighted by molar-refractivity contribution is -0.120. The third-order valence-electron chi connectivity index (χ3n) is 22.4. The molecule has 10 aromatic rings. The van der Waals surface area contributed by atoms with Gasteiger partial charge in [0.25, 0.3) is 27.8 Å². The van der Waals surface area contributed by atoms with E-state index in [1.807, 2.05) is 116 Å². The molecule has 5 aromatic carbocycles. The van der Waals surface area contributed by atoms with Crippen LogP contribution in [0.5, 0.6) is 17.2 Å². The Labute approximate surface area is 817 Å². The van der Waals surface area contributed by atoms with Crippen molar-refractivity contribution in [3.05, 3.63) is 353 Å². The quantitative estimate of drug-likeness (QED) is 0.0214. The van der Waals surface area contributed by atoms with Crippen LogP contribution in [-0.4, -0.2) is 104 Å². The van der Waals surface area contributed by atoms with Crippen molar-refractivity contribution in [1.29, 1.82) is 0 Å². The molecule has 15 rings (SSSR count). The molecule has 0 spiro atoms. The maximum atomic E-state index is 12.0. The summed E-state index contributed by atoms with van der Waals surface area (Å²) in [5, 5.41) is 16.8. The number of rotatable bonds is 27. The molecule has 10 N–H and O–H groups in total. The fourth-order valence-electron chi connectivity index (χ4n) is 14.9. The summed E-state index contributed by atoms with van der Waals surface area (Å²) in [5.41, 5.74) is 13.4. The highest BCUT2D eigenvalue weighted by molar-refractivity contribution is 6.34. The monoisotopic (exact) mass is 1970 g/mol. The Morgan fingerprint density at radius 1 is 0.299 bits per heavy atom. The van der Waals surface area contributed by atoms with Gasteiger partial charge in [-0.25, -0.2) is 0 Å². The molecule has 5 atom stereocenters. The minimum Gasteiger partial charge on any atom is -0.492 e. The molecule has 0 aliphatic carbocycles. The lowest BCUT2D eigenvalue weighted by atomic mass is 9.96. The summed E-state index contributed by atoms with van der Waals surface area (Å²) < 4.78 is 17.4. The molecule has 5 aromatic heterocycles. The molecular weight excluding hydrogens is 1870 g/mol. The van der Waals surface area contributed by atoms with Gasteiger partial charge in [-0.05, 0) is 226 Å². The zero-order valence-corrected chi connectivity index (χ0v) is 81.7. The van der Waals surface area contributed by atoms with Crippen molar-refractivity contribution in [1.82, 2.24) is 51.5 Å². The summed E-state index contributed by atoms with van der Waals surface area (Å²) in [7, 11) is 0. The van der Waals surface area contributed by atoms with Crippen molar-refractivity contribution < 1.29 is 38.2 Å². The molecule has 10 heterocycles. The maximum absolute atomic E-state index is 12.0. The first-order chi connectivity index (χ1) is 63.9. The molecule has 5 aliphatic rings. The number of aromatic amines is 5. The van der Waals surface area contributed by atoms with Gasteiger partial charge in [0.15, 0.2) is 0 Å². The number of aromatic nitrogens is 5. The van der Waals surface area contributed by atoms with E-state index in [4.69, 9.17) is 107 Å². The Kier molecular flexibility index (Phi) is 37.9. The highest BCUT2D eigenvalue weighted by Gasteiger charge is 2.28. The highest BCUT2D eigenvalue weighted by atomic mass is 35.5. The van der Waals surface area contributed by atoms with Crippen molar-refractivity contribution >= 4 is 150 Å². The van der Waals surface area contributed by atoms with Crippen molar-refractivity contribution in [2.75, 3.05) is 19.8 Å². The molecule has 23 nitrogen and oxygen atoms in total. The number of hydrogen-bond donors (Lipinski definition) is 10. The summed E-state index contributed by atoms with van der Waals surface area (Å²) in [6.45, 7) is 20.7. The van der Waals surface area contributed by atoms with E-state index in [2.05, 4.69) is 119 Å². The van der Waals surface area contributed by atoms with Crippen LogP contribution in [0.2, 0.25) is 40.2 Å². The standard InChI is InChI=1S/C23H26Cl2N2O3.C22H24Cl2N2O3.C21H22Cl2N2O3.C19H19ClN2O2.C18H17ClN2O2/c1-14(2)4-3-11-30-21-9-5-15(12-19(21)25)17(13-16-6-10-22(28)26-16)20-8-7-18(24)23(29)27-20;1-13(2)9-10-29-20-7-3-14(11-18(20)24)16(12-15-4-8-21(27)25-15)19-6-5-17(23)22(28)26-19;1-12(2)11-28-19-7-3-13(9-17(19)23)15(10-14-4-8-20(26)24-14)18-6-5-16(22)21(27)25-18;1-11-3-4-13(9-12(11)2)15(10-14-5-8-18(23)21-14)17-7-6-16(20)19(24)22-17;1-11-2-4-12(5-3-11)14(10-13-6-9-17(22)20-13)16-8-7-15(19)18(23)21-16/h5,7-9,12-14,16H,3-4,6,10-11H2,1-2H3,(H,26,28)(H,27,29);3,5-7,11-13,15H,4,8-10H2,1-2H3,(H,25,27)(H,26,28);3,5-7,9-10,12,14H,4,8,11H2,1-2H3,(H,24,26)(H,25,27);3-4,6-7,9-10,14H,5,8H2,1-2H3,(H,21,23)(H,22,24);2-5,7-8,10,13H,6,9H2,1H3,(H,20,22)(H,21,23)/b17-13+;16-12+;2*15-10+;14-10+/t16-;15-;2*14-;13-/m11111/s1. The summed E-state index contributed by atoms with van der Waals surface area (Å²) in [6, 6.07) is 47.1. The fraction of sp³-hybridized carbons (Fsp3) is 0.320. The lowest BCUT2D eigenvalue weighted by Gasteiger charge is -2.15. The van der Waals surface area contributed by atoms with Gasteiger partial charge >= 0.3 is 0 Å². The number of ether oxygens (including phenoxy) is 3. The van der Waals surface area contributed by atoms with Crippen molar-refractivity contribution in [3.63, 3.8) is 0 Å². The zero-order valence-electron chi connectivity index (χ0n) is 75.7.